The van der Waals surface area contributed by atoms with E-state index in [1.165, 1.54) is 48.5 Å². The summed E-state index contributed by atoms with van der Waals surface area (Å²) in [6.45, 7) is 1.17. The number of carbonyl (C=O) groups excluding carboxylic acids is 3. The van der Waals surface area contributed by atoms with Crippen LogP contribution in [0.2, 0.25) is 0 Å². The van der Waals surface area contributed by atoms with Gasteiger partial charge in [-0.1, -0.05) is 12.1 Å². The molecule has 2 aromatic carbocycles. The van der Waals surface area contributed by atoms with Gasteiger partial charge < -0.3 is 14.8 Å². The largest absolute Gasteiger partial charge is 0.484 e. The number of rotatable bonds is 5. The topological polar surface area (TPSA) is 84.9 Å². The quantitative estimate of drug-likeness (QED) is 0.725. The molecule has 10 heteroatoms. The second kappa shape index (κ2) is 9.07. The first-order valence-electron chi connectivity index (χ1n) is 9.38. The van der Waals surface area contributed by atoms with Crippen LogP contribution in [0.15, 0.2) is 48.5 Å². The van der Waals surface area contributed by atoms with Crippen LogP contribution in [-0.4, -0.2) is 43.2 Å². The summed E-state index contributed by atoms with van der Waals surface area (Å²) >= 11 is 0. The first-order chi connectivity index (χ1) is 14.7. The van der Waals surface area contributed by atoms with Crippen molar-refractivity contribution in [2.24, 2.45) is 0 Å². The number of nitrogens with one attached hydrogen (secondary N) is 1. The lowest BCUT2D eigenvalue weighted by Crippen LogP contribution is -2.51. The number of hydrogen-bond acceptors (Lipinski definition) is 5. The molecule has 0 aromatic heterocycles. The lowest BCUT2D eigenvalue weighted by molar-refractivity contribution is -0.158. The van der Waals surface area contributed by atoms with E-state index in [-0.39, 0.29) is 29.3 Å². The molecule has 1 N–H and O–H groups in total. The Balaban J connectivity index is 1.81. The van der Waals surface area contributed by atoms with E-state index in [9.17, 15) is 27.6 Å². The highest BCUT2D eigenvalue weighted by molar-refractivity contribution is 6.05. The van der Waals surface area contributed by atoms with Gasteiger partial charge in [0.25, 0.3) is 5.91 Å². The number of nitrogens with zero attached hydrogens (tertiary/aromatic N) is 1. The maximum absolute atomic E-state index is 13.7. The number of benzene rings is 2. The average Bonchev–Trinajstić information content (AvgIpc) is 2.88. The van der Waals surface area contributed by atoms with Crippen molar-refractivity contribution in [2.45, 2.75) is 25.6 Å². The van der Waals surface area contributed by atoms with Gasteiger partial charge in [0.2, 0.25) is 5.91 Å². The number of para-hydroxylation sites is 2. The Bertz CT molecular complexity index is 976. The first-order valence-corrected chi connectivity index (χ1v) is 9.38. The Morgan fingerprint density at radius 1 is 1.13 bits per heavy atom. The van der Waals surface area contributed by atoms with Crippen LogP contribution in [0.4, 0.5) is 24.5 Å². The number of anilines is 2. The predicted octanol–water partition coefficient (Wildman–Crippen LogP) is 3.55. The number of carbonyl (C=O) groups is 3. The van der Waals surface area contributed by atoms with Crippen molar-refractivity contribution < 1.29 is 37.0 Å². The average molecular weight is 436 g/mol. The van der Waals surface area contributed by atoms with Crippen LogP contribution >= 0.6 is 0 Å². The van der Waals surface area contributed by atoms with Gasteiger partial charge in [-0.2, -0.15) is 13.2 Å². The van der Waals surface area contributed by atoms with E-state index in [2.05, 4.69) is 5.32 Å². The maximum atomic E-state index is 13.7. The fourth-order valence-corrected chi connectivity index (χ4v) is 3.11. The van der Waals surface area contributed by atoms with Crippen LogP contribution in [0, 0.1) is 0 Å². The summed E-state index contributed by atoms with van der Waals surface area (Å²) in [6.07, 6.45) is -5.76. The summed E-state index contributed by atoms with van der Waals surface area (Å²) in [7, 11) is 0. The molecule has 1 aliphatic rings. The zero-order valence-corrected chi connectivity index (χ0v) is 16.4. The zero-order chi connectivity index (χ0) is 22.6. The SMILES string of the molecule is CCOC(=O)c1ccc(OCC(=O)N2c3ccccc3NC(=O)C[C@H]2C(F)(F)F)cc1. The van der Waals surface area contributed by atoms with Gasteiger partial charge in [-0.05, 0) is 43.3 Å². The Labute approximate surface area is 175 Å². The normalized spacial score (nSPS) is 16.1. The lowest BCUT2D eigenvalue weighted by Gasteiger charge is -2.31. The van der Waals surface area contributed by atoms with Crippen molar-refractivity contribution in [3.05, 3.63) is 54.1 Å². The third kappa shape index (κ3) is 5.14. The van der Waals surface area contributed by atoms with Crippen LogP contribution in [0.25, 0.3) is 0 Å². The van der Waals surface area contributed by atoms with E-state index in [1.54, 1.807) is 6.92 Å². The van der Waals surface area contributed by atoms with Crippen LogP contribution in [0.5, 0.6) is 5.75 Å². The van der Waals surface area contributed by atoms with E-state index in [1.807, 2.05) is 0 Å². The standard InChI is InChI=1S/C21H19F3N2O5/c1-2-30-20(29)13-7-9-14(10-8-13)31-12-19(28)26-16-6-4-3-5-15(16)25-18(27)11-17(26)21(22,23)24/h3-10,17H,2,11-12H2,1H3,(H,25,27)/t17-/m0/s1. The first kappa shape index (κ1) is 22.1. The van der Waals surface area contributed by atoms with Crippen LogP contribution in [0.3, 0.4) is 0 Å². The third-order valence-corrected chi connectivity index (χ3v) is 4.50. The van der Waals surface area contributed by atoms with Crippen LogP contribution in [-0.2, 0) is 14.3 Å². The molecule has 31 heavy (non-hydrogen) atoms. The number of esters is 1. The molecule has 0 fully saturated rings. The summed E-state index contributed by atoms with van der Waals surface area (Å²) in [5.41, 5.74) is 0.303. The highest BCUT2D eigenvalue weighted by atomic mass is 19.4. The molecule has 0 aliphatic carbocycles. The van der Waals surface area contributed by atoms with Crippen molar-refractivity contribution in [2.75, 3.05) is 23.4 Å². The molecule has 1 atom stereocenters. The maximum Gasteiger partial charge on any atom is 0.409 e. The number of amides is 2. The summed E-state index contributed by atoms with van der Waals surface area (Å²) in [6, 6.07) is 9.06. The molecular weight excluding hydrogens is 417 g/mol. The Kier molecular flexibility index (Phi) is 6.47. The van der Waals surface area contributed by atoms with Gasteiger partial charge in [-0.15, -0.1) is 0 Å². The van der Waals surface area contributed by atoms with Gasteiger partial charge in [0.1, 0.15) is 11.8 Å². The smallest absolute Gasteiger partial charge is 0.409 e. The minimum atomic E-state index is -4.83. The number of ether oxygens (including phenoxy) is 2. The summed E-state index contributed by atoms with van der Waals surface area (Å²) in [4.78, 5) is 37.0. The molecular formula is C21H19F3N2O5. The van der Waals surface area contributed by atoms with Crippen molar-refractivity contribution >= 4 is 29.2 Å². The molecule has 7 nitrogen and oxygen atoms in total. The fraction of sp³-hybridized carbons (Fsp3) is 0.286. The number of hydrogen-bond donors (Lipinski definition) is 1. The second-order valence-electron chi connectivity index (χ2n) is 6.62. The predicted molar refractivity (Wildman–Crippen MR) is 105 cm³/mol. The zero-order valence-electron chi connectivity index (χ0n) is 16.4. The number of fused-ring (bicyclic) bond motifs is 1. The molecule has 0 radical (unpaired) electrons. The van der Waals surface area contributed by atoms with Gasteiger partial charge in [-0.3, -0.25) is 14.5 Å². The van der Waals surface area contributed by atoms with Crippen LogP contribution < -0.4 is 15.0 Å². The molecule has 164 valence electrons. The molecule has 0 saturated carbocycles. The van der Waals surface area contributed by atoms with Gasteiger partial charge in [0.15, 0.2) is 6.61 Å². The highest BCUT2D eigenvalue weighted by Gasteiger charge is 2.49. The third-order valence-electron chi connectivity index (χ3n) is 4.50. The van der Waals surface area contributed by atoms with Gasteiger partial charge in [0.05, 0.1) is 30.0 Å². The summed E-state index contributed by atoms with van der Waals surface area (Å²) in [5, 5.41) is 2.39. The molecule has 1 aliphatic heterocycles. The van der Waals surface area contributed by atoms with E-state index < -0.39 is 43.0 Å². The summed E-state index contributed by atoms with van der Waals surface area (Å²) in [5.74, 6) is -2.17. The second-order valence-corrected chi connectivity index (χ2v) is 6.62. The Hall–Kier alpha value is -3.56. The molecule has 0 saturated heterocycles. The van der Waals surface area contributed by atoms with Crippen LogP contribution in [0.1, 0.15) is 23.7 Å². The minimum absolute atomic E-state index is 0.0677. The van der Waals surface area contributed by atoms with Crippen molar-refractivity contribution in [3.8, 4) is 5.75 Å². The van der Waals surface area contributed by atoms with E-state index in [4.69, 9.17) is 9.47 Å². The van der Waals surface area contributed by atoms with Crippen molar-refractivity contribution in [1.82, 2.24) is 0 Å². The molecule has 0 spiro atoms. The number of alkyl halides is 3. The molecule has 1 heterocycles. The molecule has 2 aromatic rings. The molecule has 2 amide bonds. The summed E-state index contributed by atoms with van der Waals surface area (Å²) < 4.78 is 51.3. The Morgan fingerprint density at radius 2 is 1.81 bits per heavy atom. The van der Waals surface area contributed by atoms with E-state index in [0.29, 0.717) is 4.90 Å². The van der Waals surface area contributed by atoms with Crippen molar-refractivity contribution in [1.29, 1.82) is 0 Å². The van der Waals surface area contributed by atoms with Gasteiger partial charge >= 0.3 is 12.1 Å². The highest BCUT2D eigenvalue weighted by Crippen LogP contribution is 2.37. The molecule has 0 unspecified atom stereocenters. The van der Waals surface area contributed by atoms with Gasteiger partial charge in [0, 0.05) is 0 Å². The van der Waals surface area contributed by atoms with Crippen molar-refractivity contribution in [3.63, 3.8) is 0 Å². The van der Waals surface area contributed by atoms with Gasteiger partial charge in [-0.25, -0.2) is 4.79 Å². The number of halogens is 3. The van der Waals surface area contributed by atoms with E-state index in [0.717, 1.165) is 0 Å². The fourth-order valence-electron chi connectivity index (χ4n) is 3.11. The minimum Gasteiger partial charge on any atom is -0.484 e. The van der Waals surface area contributed by atoms with E-state index >= 15 is 0 Å². The Morgan fingerprint density at radius 3 is 2.45 bits per heavy atom. The lowest BCUT2D eigenvalue weighted by atomic mass is 10.1. The molecule has 0 bridgehead atoms. The monoisotopic (exact) mass is 436 g/mol. The molecule has 3 rings (SSSR count).